The average molecular weight is 381 g/mol. The molecule has 28 heavy (non-hydrogen) atoms. The Labute approximate surface area is 165 Å². The Morgan fingerprint density at radius 3 is 2.79 bits per heavy atom. The minimum Gasteiger partial charge on any atom is -0.487 e. The van der Waals surface area contributed by atoms with Crippen molar-refractivity contribution in [3.63, 3.8) is 0 Å². The van der Waals surface area contributed by atoms with Gasteiger partial charge in [0.25, 0.3) is 5.91 Å². The van der Waals surface area contributed by atoms with Gasteiger partial charge in [-0.05, 0) is 63.3 Å². The number of ether oxygens (including phenoxy) is 1. The molecule has 3 N–H and O–H groups in total. The Balaban J connectivity index is 1.70. The van der Waals surface area contributed by atoms with Crippen LogP contribution < -0.4 is 15.8 Å². The molecule has 0 saturated carbocycles. The van der Waals surface area contributed by atoms with Crippen molar-refractivity contribution < 1.29 is 9.53 Å². The molecule has 2 aromatic rings. The lowest BCUT2D eigenvalue weighted by atomic mass is 10.0. The van der Waals surface area contributed by atoms with Crippen molar-refractivity contribution in [1.82, 2.24) is 15.2 Å². The van der Waals surface area contributed by atoms with Gasteiger partial charge in [0.1, 0.15) is 18.1 Å². The predicted octanol–water partition coefficient (Wildman–Crippen LogP) is 1.87. The van der Waals surface area contributed by atoms with Crippen LogP contribution in [0.2, 0.25) is 0 Å². The molecule has 1 aromatic heterocycles. The number of nitrogens with two attached hydrogens (primary N) is 1. The van der Waals surface area contributed by atoms with E-state index in [1.807, 2.05) is 18.2 Å². The third kappa shape index (κ3) is 5.07. The molecule has 7 nitrogen and oxygen atoms in total. The number of rotatable bonds is 6. The van der Waals surface area contributed by atoms with Crippen LogP contribution in [0.5, 0.6) is 5.75 Å². The third-order valence-corrected chi connectivity index (χ3v) is 4.89. The molecule has 2 heterocycles. The largest absolute Gasteiger partial charge is 0.487 e. The number of benzene rings is 1. The fraction of sp³-hybridized carbons (Fsp3) is 0.381. The number of aromatic nitrogens is 1. The molecule has 1 amide bonds. The Morgan fingerprint density at radius 2 is 2.11 bits per heavy atom. The number of pyridine rings is 1. The van der Waals surface area contributed by atoms with E-state index >= 15 is 0 Å². The van der Waals surface area contributed by atoms with E-state index in [0.717, 1.165) is 31.6 Å². The highest BCUT2D eigenvalue weighted by Crippen LogP contribution is 2.22. The lowest BCUT2D eigenvalue weighted by Crippen LogP contribution is -2.45. The normalized spacial score (nSPS) is 16.0. The average Bonchev–Trinajstić information content (AvgIpc) is 2.71. The van der Waals surface area contributed by atoms with Crippen LogP contribution in [0.4, 0.5) is 5.69 Å². The first-order chi connectivity index (χ1) is 13.6. The summed E-state index contributed by atoms with van der Waals surface area (Å²) >= 11 is 0. The molecule has 148 valence electrons. The number of hydrogen-bond acceptors (Lipinski definition) is 6. The van der Waals surface area contributed by atoms with E-state index in [-0.39, 0.29) is 11.9 Å². The van der Waals surface area contributed by atoms with Crippen LogP contribution in [-0.4, -0.2) is 54.7 Å². The molecule has 3 rings (SSSR count). The summed E-state index contributed by atoms with van der Waals surface area (Å²) in [5.41, 5.74) is 8.34. The second kappa shape index (κ2) is 9.32. The number of nitrogen functional groups attached to an aromatic ring is 1. The first-order valence-corrected chi connectivity index (χ1v) is 9.45. The molecule has 1 aliphatic heterocycles. The van der Waals surface area contributed by atoms with E-state index in [1.54, 1.807) is 31.4 Å². The summed E-state index contributed by atoms with van der Waals surface area (Å²) < 4.78 is 5.81. The Bertz CT molecular complexity index is 830. The smallest absolute Gasteiger partial charge is 0.270 e. The molecule has 7 heteroatoms. The highest BCUT2D eigenvalue weighted by Gasteiger charge is 2.23. The molecule has 1 aromatic carbocycles. The van der Waals surface area contributed by atoms with Crippen LogP contribution in [0.25, 0.3) is 0 Å². The van der Waals surface area contributed by atoms with E-state index in [0.29, 0.717) is 29.3 Å². The van der Waals surface area contributed by atoms with Gasteiger partial charge in [-0.2, -0.15) is 0 Å². The molecule has 0 spiro atoms. The van der Waals surface area contributed by atoms with E-state index in [9.17, 15) is 4.79 Å². The fourth-order valence-corrected chi connectivity index (χ4v) is 3.22. The zero-order valence-electron chi connectivity index (χ0n) is 16.4. The molecule has 1 saturated heterocycles. The Hall–Kier alpha value is -2.93. The molecule has 0 unspecified atom stereocenters. The topological polar surface area (TPSA) is 92.8 Å². The maximum absolute atomic E-state index is 12.8. The van der Waals surface area contributed by atoms with Crippen molar-refractivity contribution in [3.05, 3.63) is 53.9 Å². The summed E-state index contributed by atoms with van der Waals surface area (Å²) in [5.74, 6) is 0.411. The highest BCUT2D eigenvalue weighted by molar-refractivity contribution is 6.46. The molecule has 0 aliphatic carbocycles. The van der Waals surface area contributed by atoms with Crippen LogP contribution in [0.15, 0.2) is 47.6 Å². The van der Waals surface area contributed by atoms with E-state index in [2.05, 4.69) is 27.2 Å². The number of piperidine rings is 1. The van der Waals surface area contributed by atoms with E-state index < -0.39 is 0 Å². The van der Waals surface area contributed by atoms with Gasteiger partial charge >= 0.3 is 0 Å². The van der Waals surface area contributed by atoms with Gasteiger partial charge in [0, 0.05) is 30.5 Å². The monoisotopic (exact) mass is 381 g/mol. The maximum Gasteiger partial charge on any atom is 0.270 e. The zero-order valence-corrected chi connectivity index (χ0v) is 16.4. The van der Waals surface area contributed by atoms with Gasteiger partial charge in [0.2, 0.25) is 0 Å². The lowest BCUT2D eigenvalue weighted by Gasteiger charge is -2.29. The first kappa shape index (κ1) is 19.8. The summed E-state index contributed by atoms with van der Waals surface area (Å²) in [6, 6.07) is 11.1. The zero-order chi connectivity index (χ0) is 19.9. The SMILES string of the molecule is CN=C(C(=O)NC1CCN(C)CC1)c1cc(OCc2ccccn2)ccc1N. The van der Waals surface area contributed by atoms with E-state index in [4.69, 9.17) is 10.5 Å². The van der Waals surface area contributed by atoms with Gasteiger partial charge in [0.15, 0.2) is 0 Å². The lowest BCUT2D eigenvalue weighted by molar-refractivity contribution is -0.115. The van der Waals surface area contributed by atoms with Crippen molar-refractivity contribution in [3.8, 4) is 5.75 Å². The summed E-state index contributed by atoms with van der Waals surface area (Å²) in [4.78, 5) is 23.5. The second-order valence-corrected chi connectivity index (χ2v) is 6.98. The first-order valence-electron chi connectivity index (χ1n) is 9.45. The van der Waals surface area contributed by atoms with Crippen LogP contribution in [0.3, 0.4) is 0 Å². The van der Waals surface area contributed by atoms with Crippen LogP contribution in [-0.2, 0) is 11.4 Å². The van der Waals surface area contributed by atoms with Crippen LogP contribution in [0, 0.1) is 0 Å². The number of carbonyl (C=O) groups is 1. The number of nitrogens with zero attached hydrogens (tertiary/aromatic N) is 3. The van der Waals surface area contributed by atoms with Crippen molar-refractivity contribution in [2.45, 2.75) is 25.5 Å². The molecule has 0 radical (unpaired) electrons. The van der Waals surface area contributed by atoms with Crippen molar-refractivity contribution in [2.24, 2.45) is 4.99 Å². The molecule has 0 bridgehead atoms. The van der Waals surface area contributed by atoms with Gasteiger partial charge < -0.3 is 20.7 Å². The van der Waals surface area contributed by atoms with Crippen molar-refractivity contribution in [1.29, 1.82) is 0 Å². The predicted molar refractivity (Wildman–Crippen MR) is 111 cm³/mol. The second-order valence-electron chi connectivity index (χ2n) is 6.98. The highest BCUT2D eigenvalue weighted by atomic mass is 16.5. The number of likely N-dealkylation sites (tertiary alicyclic amines) is 1. The molecular formula is C21H27N5O2. The quantitative estimate of drug-likeness (QED) is 0.589. The third-order valence-electron chi connectivity index (χ3n) is 4.89. The van der Waals surface area contributed by atoms with E-state index in [1.165, 1.54) is 0 Å². The minimum absolute atomic E-state index is 0.158. The number of carbonyl (C=O) groups excluding carboxylic acids is 1. The number of amides is 1. The minimum atomic E-state index is -0.203. The van der Waals surface area contributed by atoms with Gasteiger partial charge in [-0.1, -0.05) is 6.07 Å². The summed E-state index contributed by atoms with van der Waals surface area (Å²) in [6.45, 7) is 2.29. The van der Waals surface area contributed by atoms with Crippen molar-refractivity contribution >= 4 is 17.3 Å². The molecule has 1 fully saturated rings. The fourth-order valence-electron chi connectivity index (χ4n) is 3.22. The van der Waals surface area contributed by atoms with Gasteiger partial charge in [0.05, 0.1) is 5.69 Å². The van der Waals surface area contributed by atoms with Gasteiger partial charge in [-0.25, -0.2) is 0 Å². The Kier molecular flexibility index (Phi) is 6.60. The molecular weight excluding hydrogens is 354 g/mol. The number of nitrogens with one attached hydrogen (secondary N) is 1. The number of aliphatic imine (C=N–C) groups is 1. The van der Waals surface area contributed by atoms with Crippen molar-refractivity contribution in [2.75, 3.05) is 32.9 Å². The van der Waals surface area contributed by atoms with Crippen LogP contribution in [0.1, 0.15) is 24.1 Å². The van der Waals surface area contributed by atoms with Crippen LogP contribution >= 0.6 is 0 Å². The Morgan fingerprint density at radius 1 is 1.32 bits per heavy atom. The molecule has 0 atom stereocenters. The van der Waals surface area contributed by atoms with Gasteiger partial charge in [-0.15, -0.1) is 0 Å². The summed E-state index contributed by atoms with van der Waals surface area (Å²) in [7, 11) is 3.69. The maximum atomic E-state index is 12.8. The molecule has 1 aliphatic rings. The summed E-state index contributed by atoms with van der Waals surface area (Å²) in [6.07, 6.45) is 3.59. The van der Waals surface area contributed by atoms with Gasteiger partial charge in [-0.3, -0.25) is 14.8 Å². The standard InChI is InChI=1S/C21H27N5O2/c1-23-20(21(27)25-15-8-11-26(2)12-9-15)18-13-17(6-7-19(18)22)28-14-16-5-3-4-10-24-16/h3-7,10,13,15H,8-9,11-12,14,22H2,1-2H3,(H,25,27). The number of hydrogen-bond donors (Lipinski definition) is 2. The summed E-state index contributed by atoms with van der Waals surface area (Å²) in [5, 5.41) is 3.09. The number of anilines is 1.